The van der Waals surface area contributed by atoms with Gasteiger partial charge in [0.1, 0.15) is 5.82 Å². The van der Waals surface area contributed by atoms with Crippen LogP contribution in [0.3, 0.4) is 0 Å². The molecule has 0 radical (unpaired) electrons. The lowest BCUT2D eigenvalue weighted by atomic mass is 9.97. The summed E-state index contributed by atoms with van der Waals surface area (Å²) in [5.41, 5.74) is 2.00. The summed E-state index contributed by atoms with van der Waals surface area (Å²) in [5, 5.41) is 3.11. The molecule has 0 bridgehead atoms. The smallest absolute Gasteiger partial charge is 0.262 e. The third-order valence-corrected chi connectivity index (χ3v) is 8.93. The van der Waals surface area contributed by atoms with Crippen LogP contribution in [0.2, 0.25) is 0 Å². The molecule has 174 valence electrons. The van der Waals surface area contributed by atoms with E-state index in [1.165, 1.54) is 21.4 Å². The first-order chi connectivity index (χ1) is 15.3. The molecule has 4 rings (SSSR count). The van der Waals surface area contributed by atoms with Gasteiger partial charge in [-0.25, -0.2) is 13.4 Å². The second kappa shape index (κ2) is 9.94. The Morgan fingerprint density at radius 3 is 2.56 bits per heavy atom. The van der Waals surface area contributed by atoms with Gasteiger partial charge in [-0.15, -0.1) is 0 Å². The number of anilines is 1. The fourth-order valence-electron chi connectivity index (χ4n) is 4.15. The number of aryl methyl sites for hydroxylation is 2. The van der Waals surface area contributed by atoms with Crippen LogP contribution in [0.4, 0.5) is 5.69 Å². The van der Waals surface area contributed by atoms with Gasteiger partial charge in [0.05, 0.1) is 0 Å². The predicted molar refractivity (Wildman–Crippen MR) is 127 cm³/mol. The number of benzene rings is 1. The Morgan fingerprint density at radius 1 is 1.19 bits per heavy atom. The molecule has 2 saturated heterocycles. The number of amides is 1. The van der Waals surface area contributed by atoms with Gasteiger partial charge in [-0.3, -0.25) is 9.69 Å². The molecule has 32 heavy (non-hydrogen) atoms. The number of hydrogen-bond acceptors (Lipinski definition) is 6. The molecule has 0 spiro atoms. The maximum atomic E-state index is 12.9. The fourth-order valence-corrected chi connectivity index (χ4v) is 6.62. The van der Waals surface area contributed by atoms with Crippen LogP contribution in [-0.4, -0.2) is 70.8 Å². The summed E-state index contributed by atoms with van der Waals surface area (Å²) in [5.74, 6) is 2.76. The van der Waals surface area contributed by atoms with Crippen molar-refractivity contribution in [2.45, 2.75) is 31.3 Å². The van der Waals surface area contributed by atoms with Crippen LogP contribution in [0.1, 0.15) is 24.2 Å². The van der Waals surface area contributed by atoms with E-state index in [9.17, 15) is 13.2 Å². The van der Waals surface area contributed by atoms with Gasteiger partial charge in [0.25, 0.3) is 10.0 Å². The molecule has 8 nitrogen and oxygen atoms in total. The zero-order valence-corrected chi connectivity index (χ0v) is 20.3. The summed E-state index contributed by atoms with van der Waals surface area (Å²) < 4.78 is 28.9. The van der Waals surface area contributed by atoms with Crippen molar-refractivity contribution in [2.75, 3.05) is 43.0 Å². The quantitative estimate of drug-likeness (QED) is 0.687. The van der Waals surface area contributed by atoms with Crippen molar-refractivity contribution in [3.8, 4) is 0 Å². The Hall–Kier alpha value is -1.88. The molecule has 1 N–H and O–H groups in total. The normalized spacial score (nSPS) is 19.2. The molecule has 2 fully saturated rings. The van der Waals surface area contributed by atoms with E-state index in [2.05, 4.69) is 21.3 Å². The van der Waals surface area contributed by atoms with Gasteiger partial charge in [-0.1, -0.05) is 12.1 Å². The standard InChI is InChI=1S/C22H31N5O3S2/c1-17-23-21(16-25(17)2)32(29,30)27-8-6-19(7-9-27)22(28)24-20-5-3-4-18(14-20)15-26-10-12-31-13-11-26/h3-5,14,16,19H,6-13,15H2,1-2H3,(H,24,28). The SMILES string of the molecule is Cc1nc(S(=O)(=O)N2CCC(C(=O)Nc3cccc(CN4CCSCC4)c3)CC2)cn1C. The van der Waals surface area contributed by atoms with Gasteiger partial charge in [0.15, 0.2) is 5.03 Å². The van der Waals surface area contributed by atoms with Crippen molar-refractivity contribution in [2.24, 2.45) is 13.0 Å². The Balaban J connectivity index is 1.32. The van der Waals surface area contributed by atoms with Gasteiger partial charge in [0, 0.05) is 69.1 Å². The van der Waals surface area contributed by atoms with Crippen LogP contribution in [0, 0.1) is 12.8 Å². The number of nitrogens with zero attached hydrogens (tertiary/aromatic N) is 4. The lowest BCUT2D eigenvalue weighted by Crippen LogP contribution is -2.41. The Bertz CT molecular complexity index is 1040. The Kier molecular flexibility index (Phi) is 7.24. The highest BCUT2D eigenvalue weighted by Crippen LogP contribution is 2.25. The molecule has 1 aromatic carbocycles. The van der Waals surface area contributed by atoms with Crippen molar-refractivity contribution >= 4 is 33.4 Å². The minimum atomic E-state index is -3.63. The van der Waals surface area contributed by atoms with Crippen LogP contribution in [0.5, 0.6) is 0 Å². The molecular formula is C22H31N5O3S2. The van der Waals surface area contributed by atoms with Crippen LogP contribution < -0.4 is 5.32 Å². The molecule has 0 aliphatic carbocycles. The highest BCUT2D eigenvalue weighted by Gasteiger charge is 2.33. The van der Waals surface area contributed by atoms with Crippen LogP contribution in [0.15, 0.2) is 35.5 Å². The monoisotopic (exact) mass is 477 g/mol. The summed E-state index contributed by atoms with van der Waals surface area (Å²) in [6, 6.07) is 8.03. The maximum Gasteiger partial charge on any atom is 0.262 e. The molecule has 1 amide bonds. The van der Waals surface area contributed by atoms with Crippen molar-refractivity contribution < 1.29 is 13.2 Å². The number of hydrogen-bond donors (Lipinski definition) is 1. The largest absolute Gasteiger partial charge is 0.337 e. The van der Waals surface area contributed by atoms with Crippen LogP contribution >= 0.6 is 11.8 Å². The van der Waals surface area contributed by atoms with Crippen molar-refractivity contribution in [3.05, 3.63) is 41.9 Å². The minimum Gasteiger partial charge on any atom is -0.337 e. The first-order valence-corrected chi connectivity index (χ1v) is 13.6. The van der Waals surface area contributed by atoms with E-state index in [0.717, 1.165) is 25.3 Å². The van der Waals surface area contributed by atoms with Gasteiger partial charge in [0.2, 0.25) is 5.91 Å². The average molecular weight is 478 g/mol. The summed E-state index contributed by atoms with van der Waals surface area (Å²) in [6.45, 7) is 5.51. The van der Waals surface area contributed by atoms with Crippen molar-refractivity contribution in [1.29, 1.82) is 0 Å². The number of sulfonamides is 1. The molecule has 2 aliphatic rings. The number of aromatic nitrogens is 2. The van der Waals surface area contributed by atoms with E-state index in [0.29, 0.717) is 31.8 Å². The summed E-state index contributed by atoms with van der Waals surface area (Å²) in [4.78, 5) is 19.4. The van der Waals surface area contributed by atoms with Crippen molar-refractivity contribution in [3.63, 3.8) is 0 Å². The number of rotatable bonds is 6. The van der Waals surface area contributed by atoms with Crippen LogP contribution in [-0.2, 0) is 28.4 Å². The lowest BCUT2D eigenvalue weighted by molar-refractivity contribution is -0.120. The van der Waals surface area contributed by atoms with Gasteiger partial charge < -0.3 is 9.88 Å². The highest BCUT2D eigenvalue weighted by molar-refractivity contribution is 7.99. The van der Waals surface area contributed by atoms with E-state index in [4.69, 9.17) is 0 Å². The predicted octanol–water partition coefficient (Wildman–Crippen LogP) is 2.32. The first-order valence-electron chi connectivity index (χ1n) is 11.0. The third kappa shape index (κ3) is 5.36. The van der Waals surface area contributed by atoms with Crippen molar-refractivity contribution in [1.82, 2.24) is 18.8 Å². The van der Waals surface area contributed by atoms with E-state index >= 15 is 0 Å². The average Bonchev–Trinajstić information content (AvgIpc) is 3.14. The minimum absolute atomic E-state index is 0.0396. The number of thioether (sulfide) groups is 1. The Morgan fingerprint density at radius 2 is 1.91 bits per heavy atom. The Labute approximate surface area is 194 Å². The summed E-state index contributed by atoms with van der Waals surface area (Å²) in [7, 11) is -1.85. The lowest BCUT2D eigenvalue weighted by Gasteiger charge is -2.30. The first kappa shape index (κ1) is 23.3. The summed E-state index contributed by atoms with van der Waals surface area (Å²) in [6.07, 6.45) is 2.54. The maximum absolute atomic E-state index is 12.9. The van der Waals surface area contributed by atoms with Gasteiger partial charge in [-0.05, 0) is 37.5 Å². The number of carbonyl (C=O) groups is 1. The third-order valence-electron chi connectivity index (χ3n) is 6.22. The molecular weight excluding hydrogens is 446 g/mol. The topological polar surface area (TPSA) is 87.5 Å². The second-order valence-electron chi connectivity index (χ2n) is 8.49. The number of nitrogens with one attached hydrogen (secondary N) is 1. The molecule has 0 saturated carbocycles. The molecule has 0 atom stereocenters. The molecule has 2 aromatic rings. The zero-order chi connectivity index (χ0) is 22.7. The molecule has 3 heterocycles. The highest BCUT2D eigenvalue weighted by atomic mass is 32.2. The number of imidazole rings is 1. The van der Waals surface area contributed by atoms with Gasteiger partial charge >= 0.3 is 0 Å². The van der Waals surface area contributed by atoms with E-state index < -0.39 is 10.0 Å². The number of piperidine rings is 1. The van der Waals surface area contributed by atoms with E-state index in [1.54, 1.807) is 24.7 Å². The van der Waals surface area contributed by atoms with E-state index in [-0.39, 0.29) is 16.9 Å². The molecule has 2 aliphatic heterocycles. The fraction of sp³-hybridized carbons (Fsp3) is 0.545. The molecule has 10 heteroatoms. The number of carbonyl (C=O) groups excluding carboxylic acids is 1. The molecule has 0 unspecified atom stereocenters. The molecule has 1 aromatic heterocycles. The van der Waals surface area contributed by atoms with Gasteiger partial charge in [-0.2, -0.15) is 16.1 Å². The zero-order valence-electron chi connectivity index (χ0n) is 18.7. The summed E-state index contributed by atoms with van der Waals surface area (Å²) >= 11 is 1.99. The van der Waals surface area contributed by atoms with E-state index in [1.807, 2.05) is 30.0 Å². The van der Waals surface area contributed by atoms with Crippen LogP contribution in [0.25, 0.3) is 0 Å². The second-order valence-corrected chi connectivity index (χ2v) is 11.6.